The van der Waals surface area contributed by atoms with Gasteiger partial charge in [0.1, 0.15) is 5.60 Å². The van der Waals surface area contributed by atoms with Gasteiger partial charge in [-0.25, -0.2) is 0 Å². The van der Waals surface area contributed by atoms with Crippen LogP contribution in [0.1, 0.15) is 24.8 Å². The van der Waals surface area contributed by atoms with Crippen molar-refractivity contribution in [2.24, 2.45) is 5.92 Å². The smallest absolute Gasteiger partial charge is 0.350 e. The summed E-state index contributed by atoms with van der Waals surface area (Å²) in [5, 5.41) is 0. The fraction of sp³-hybridized carbons (Fsp3) is 0.533. The first-order chi connectivity index (χ1) is 10.4. The van der Waals surface area contributed by atoms with Crippen molar-refractivity contribution >= 4 is 13.5 Å². The van der Waals surface area contributed by atoms with Gasteiger partial charge >= 0.3 is 7.60 Å². The molecule has 3 aliphatic heterocycles. The Balaban J connectivity index is 1.74. The van der Waals surface area contributed by atoms with Crippen LogP contribution in [0.5, 0.6) is 0 Å². The highest BCUT2D eigenvalue weighted by Crippen LogP contribution is 2.64. The summed E-state index contributed by atoms with van der Waals surface area (Å²) in [6.07, 6.45) is 1.89. The molecule has 1 aromatic rings. The van der Waals surface area contributed by atoms with E-state index in [2.05, 4.69) is 0 Å². The van der Waals surface area contributed by atoms with E-state index in [1.165, 1.54) is 4.90 Å². The Morgan fingerprint density at radius 3 is 2.68 bits per heavy atom. The Morgan fingerprint density at radius 2 is 2.05 bits per heavy atom. The third kappa shape index (κ3) is 1.91. The zero-order chi connectivity index (χ0) is 15.5. The van der Waals surface area contributed by atoms with Gasteiger partial charge < -0.3 is 19.4 Å². The molecule has 3 saturated heterocycles. The number of amides is 1. The summed E-state index contributed by atoms with van der Waals surface area (Å²) in [6, 6.07) is 9.28. The van der Waals surface area contributed by atoms with Gasteiger partial charge in [-0.05, 0) is 24.8 Å². The normalized spacial score (nSPS) is 36.9. The lowest BCUT2D eigenvalue weighted by Gasteiger charge is -2.34. The average Bonchev–Trinajstić information content (AvgIpc) is 3.09. The number of likely N-dealkylation sites (tertiary alicyclic amines) is 1. The largest absolute Gasteiger partial charge is 0.368 e. The molecule has 0 aromatic heterocycles. The molecule has 0 saturated carbocycles. The first kappa shape index (κ1) is 14.4. The summed E-state index contributed by atoms with van der Waals surface area (Å²) in [5.74, 6) is -1.75. The van der Waals surface area contributed by atoms with Crippen LogP contribution in [0.4, 0.5) is 0 Å². The molecule has 1 amide bonds. The van der Waals surface area contributed by atoms with Crippen LogP contribution in [0.25, 0.3) is 0 Å². The number of carbonyl (C=O) groups is 1. The lowest BCUT2D eigenvalue weighted by molar-refractivity contribution is -0.132. The Morgan fingerprint density at radius 1 is 1.32 bits per heavy atom. The molecule has 6 nitrogen and oxygen atoms in total. The van der Waals surface area contributed by atoms with E-state index in [1.54, 1.807) is 0 Å². The van der Waals surface area contributed by atoms with E-state index in [0.717, 1.165) is 12.0 Å². The maximum Gasteiger partial charge on any atom is 0.350 e. The van der Waals surface area contributed by atoms with Gasteiger partial charge in [0.2, 0.25) is 5.91 Å². The minimum atomic E-state index is -4.49. The zero-order valence-corrected chi connectivity index (χ0v) is 12.9. The van der Waals surface area contributed by atoms with Crippen LogP contribution in [0.15, 0.2) is 30.3 Å². The number of carbonyl (C=O) groups excluding carboxylic acids is 1. The van der Waals surface area contributed by atoms with E-state index in [-0.39, 0.29) is 18.6 Å². The highest BCUT2D eigenvalue weighted by Gasteiger charge is 2.71. The first-order valence-corrected chi connectivity index (χ1v) is 9.17. The molecular weight excluding hydrogens is 305 g/mol. The van der Waals surface area contributed by atoms with E-state index in [1.807, 2.05) is 30.3 Å². The lowest BCUT2D eigenvalue weighted by Crippen LogP contribution is -2.44. The average molecular weight is 323 g/mol. The summed E-state index contributed by atoms with van der Waals surface area (Å²) >= 11 is 0. The Bertz CT molecular complexity index is 659. The fourth-order valence-electron chi connectivity index (χ4n) is 4.37. The van der Waals surface area contributed by atoms with Crippen molar-refractivity contribution in [2.75, 3.05) is 0 Å². The molecule has 1 spiro atoms. The van der Waals surface area contributed by atoms with Crippen molar-refractivity contribution in [2.45, 2.75) is 43.3 Å². The van der Waals surface area contributed by atoms with Gasteiger partial charge in [-0.3, -0.25) is 9.36 Å². The summed E-state index contributed by atoms with van der Waals surface area (Å²) in [5.41, 5.74) is -0.129. The van der Waals surface area contributed by atoms with Crippen LogP contribution in [0, 0.1) is 5.92 Å². The van der Waals surface area contributed by atoms with Crippen molar-refractivity contribution < 1.29 is 23.9 Å². The summed E-state index contributed by atoms with van der Waals surface area (Å²) in [4.78, 5) is 33.9. The molecule has 2 N–H and O–H groups in total. The highest BCUT2D eigenvalue weighted by molar-refractivity contribution is 7.52. The quantitative estimate of drug-likeness (QED) is 0.823. The van der Waals surface area contributed by atoms with E-state index in [9.17, 15) is 19.1 Å². The van der Waals surface area contributed by atoms with Gasteiger partial charge in [-0.1, -0.05) is 30.3 Å². The van der Waals surface area contributed by atoms with E-state index in [4.69, 9.17) is 4.74 Å². The second-order valence-corrected chi connectivity index (χ2v) is 8.10. The van der Waals surface area contributed by atoms with E-state index < -0.39 is 24.9 Å². The van der Waals surface area contributed by atoms with E-state index >= 15 is 0 Å². The SMILES string of the molecule is O=C1[C@@H]2C[C@@H]3CC[C@@]2(O3)[C@@H](P(=O)(O)O)N1Cc1ccccc1. The van der Waals surface area contributed by atoms with Gasteiger partial charge in [-0.2, -0.15) is 0 Å². The summed E-state index contributed by atoms with van der Waals surface area (Å²) < 4.78 is 18.0. The van der Waals surface area contributed by atoms with Crippen LogP contribution in [-0.2, 0) is 20.6 Å². The van der Waals surface area contributed by atoms with Crippen LogP contribution in [-0.4, -0.2) is 38.1 Å². The fourth-order valence-corrected chi connectivity index (χ4v) is 5.87. The predicted octanol–water partition coefficient (Wildman–Crippen LogP) is 1.47. The molecule has 4 rings (SSSR count). The van der Waals surface area contributed by atoms with Gasteiger partial charge in [0.05, 0.1) is 12.0 Å². The van der Waals surface area contributed by atoms with Crippen LogP contribution in [0.3, 0.4) is 0 Å². The van der Waals surface area contributed by atoms with Crippen molar-refractivity contribution in [3.63, 3.8) is 0 Å². The molecule has 0 aliphatic carbocycles. The van der Waals surface area contributed by atoms with Crippen molar-refractivity contribution in [1.29, 1.82) is 0 Å². The molecule has 4 atom stereocenters. The molecule has 3 fully saturated rings. The number of nitrogens with zero attached hydrogens (tertiary/aromatic N) is 1. The van der Waals surface area contributed by atoms with Gasteiger partial charge in [0, 0.05) is 6.54 Å². The van der Waals surface area contributed by atoms with Crippen molar-refractivity contribution in [3.05, 3.63) is 35.9 Å². The summed E-state index contributed by atoms with van der Waals surface area (Å²) in [7, 11) is -4.49. The van der Waals surface area contributed by atoms with Crippen LogP contribution < -0.4 is 0 Å². The van der Waals surface area contributed by atoms with Crippen LogP contribution in [0.2, 0.25) is 0 Å². The number of fused-ring (bicyclic) bond motifs is 1. The first-order valence-electron chi connectivity index (χ1n) is 7.49. The molecular formula is C15H18NO5P. The maximum absolute atomic E-state index is 12.7. The Hall–Kier alpha value is -1.20. The van der Waals surface area contributed by atoms with Crippen LogP contribution >= 0.6 is 7.60 Å². The minimum absolute atomic E-state index is 0.0260. The standard InChI is InChI=1S/C15H18NO5P/c17-13-12-8-11-6-7-15(12,21-11)14(22(18,19)20)16(13)9-10-4-2-1-3-5-10/h1-5,11-12,14H,6-9H2,(H2,18,19,20)/t11-,12-,14+,15-/m0/s1. The molecule has 118 valence electrons. The second-order valence-electron chi connectivity index (χ2n) is 6.44. The van der Waals surface area contributed by atoms with E-state index in [0.29, 0.717) is 12.8 Å². The Labute approximate surface area is 128 Å². The molecule has 0 radical (unpaired) electrons. The molecule has 7 heteroatoms. The van der Waals surface area contributed by atoms with Gasteiger partial charge in [0.15, 0.2) is 5.78 Å². The highest BCUT2D eigenvalue weighted by atomic mass is 31.2. The molecule has 2 bridgehead atoms. The molecule has 3 heterocycles. The second kappa shape index (κ2) is 4.65. The predicted molar refractivity (Wildman–Crippen MR) is 77.8 cm³/mol. The number of hydrogen-bond acceptors (Lipinski definition) is 3. The number of ether oxygens (including phenoxy) is 1. The monoisotopic (exact) mass is 323 g/mol. The molecule has 0 unspecified atom stereocenters. The number of hydrogen-bond donors (Lipinski definition) is 2. The minimum Gasteiger partial charge on any atom is -0.368 e. The third-order valence-corrected chi connectivity index (χ3v) is 6.51. The van der Waals surface area contributed by atoms with Gasteiger partial charge in [0.25, 0.3) is 0 Å². The maximum atomic E-state index is 12.7. The number of benzene rings is 1. The van der Waals surface area contributed by atoms with Crippen molar-refractivity contribution in [1.82, 2.24) is 4.90 Å². The topological polar surface area (TPSA) is 87.1 Å². The van der Waals surface area contributed by atoms with Gasteiger partial charge in [-0.15, -0.1) is 0 Å². The Kier molecular flexibility index (Phi) is 3.04. The van der Waals surface area contributed by atoms with Crippen molar-refractivity contribution in [3.8, 4) is 0 Å². The summed E-state index contributed by atoms with van der Waals surface area (Å²) in [6.45, 7) is 0.210. The molecule has 22 heavy (non-hydrogen) atoms. The molecule has 3 aliphatic rings. The molecule has 1 aromatic carbocycles. The number of rotatable bonds is 3. The third-order valence-electron chi connectivity index (χ3n) is 5.16. The zero-order valence-electron chi connectivity index (χ0n) is 12.0. The lowest BCUT2D eigenvalue weighted by atomic mass is 9.80.